The summed E-state index contributed by atoms with van der Waals surface area (Å²) in [6.45, 7) is 15.7. The normalized spacial score (nSPS) is 14.1. The Morgan fingerprint density at radius 3 is 1.09 bits per heavy atom. The van der Waals surface area contributed by atoms with Gasteiger partial charge < -0.3 is 0 Å². The monoisotopic (exact) mass is 652 g/mol. The molecule has 0 aromatic heterocycles. The van der Waals surface area contributed by atoms with Crippen LogP contribution >= 0.6 is 0 Å². The summed E-state index contributed by atoms with van der Waals surface area (Å²) >= 11 is 0. The summed E-state index contributed by atoms with van der Waals surface area (Å²) in [5.74, 6) is 0. The van der Waals surface area contributed by atoms with E-state index in [4.69, 9.17) is 12.5 Å². The van der Waals surface area contributed by atoms with Crippen LogP contribution in [0.5, 0.6) is 0 Å². The van der Waals surface area contributed by atoms with E-state index < -0.39 is 49.2 Å². The topological polar surface area (TPSA) is 130 Å². The number of hydrogen-bond acceptors (Lipinski definition) is 9. The van der Waals surface area contributed by atoms with Crippen molar-refractivity contribution < 1.29 is 37.8 Å². The molecule has 9 nitrogen and oxygen atoms in total. The van der Waals surface area contributed by atoms with Gasteiger partial charge in [-0.25, -0.2) is 0 Å². The van der Waals surface area contributed by atoms with Gasteiger partial charge in [0.2, 0.25) is 0 Å². The lowest BCUT2D eigenvalue weighted by molar-refractivity contribution is 0.0413. The summed E-state index contributed by atoms with van der Waals surface area (Å²) in [5.41, 5.74) is 5.20. The molecule has 0 spiro atoms. The molecule has 0 fully saturated rings. The van der Waals surface area contributed by atoms with Crippen molar-refractivity contribution in [2.45, 2.75) is 96.1 Å². The average molecular weight is 653 g/mol. The molecule has 0 saturated carbocycles. The molecule has 0 amide bonds. The van der Waals surface area contributed by atoms with Gasteiger partial charge in [-0.3, -0.25) is 12.5 Å². The molecule has 2 atom stereocenters. The molecule has 0 aliphatic rings. The van der Waals surface area contributed by atoms with Crippen molar-refractivity contribution in [1.29, 1.82) is 0 Å². The van der Waals surface area contributed by atoms with Gasteiger partial charge in [-0.15, -0.1) is 0 Å². The Morgan fingerprint density at radius 1 is 0.488 bits per heavy atom. The molecule has 12 heteroatoms. The first-order chi connectivity index (χ1) is 19.7. The van der Waals surface area contributed by atoms with E-state index in [9.17, 15) is 25.3 Å². The maximum Gasteiger partial charge on any atom is 0.297 e. The summed E-state index contributed by atoms with van der Waals surface area (Å²) < 4.78 is 97.1. The van der Waals surface area contributed by atoms with Crippen LogP contribution in [-0.2, 0) is 42.9 Å². The second kappa shape index (κ2) is 12.8. The van der Waals surface area contributed by atoms with Crippen molar-refractivity contribution in [2.75, 3.05) is 6.61 Å². The number of aryl methyl sites for hydroxylation is 9. The third kappa shape index (κ3) is 7.92. The standard InChI is InChI=1S/C31H40O9S3/c1-18-11-21(4)29(22(5)12-18)41(32,33)38-17-28(40-43(36,37)31-25(8)15-20(3)16-26(31)9)27(10)39-42(34,35)30-23(6)13-19(2)14-24(30)7/h11-16,27-28H,17H2,1-10H3. The first-order valence-electron chi connectivity index (χ1n) is 13.7. The molecule has 0 heterocycles. The molecular weight excluding hydrogens is 613 g/mol. The van der Waals surface area contributed by atoms with Crippen LogP contribution in [0, 0.1) is 62.3 Å². The molecule has 3 aromatic rings. The molecule has 0 aliphatic carbocycles. The predicted octanol–water partition coefficient (Wildman–Crippen LogP) is 5.74. The number of benzene rings is 3. The highest BCUT2D eigenvalue weighted by Crippen LogP contribution is 2.30. The first-order valence-corrected chi connectivity index (χ1v) is 17.9. The van der Waals surface area contributed by atoms with E-state index in [1.807, 2.05) is 20.8 Å². The lowest BCUT2D eigenvalue weighted by Crippen LogP contribution is -2.38. The van der Waals surface area contributed by atoms with Crippen molar-refractivity contribution in [1.82, 2.24) is 0 Å². The van der Waals surface area contributed by atoms with Gasteiger partial charge in [-0.2, -0.15) is 25.3 Å². The van der Waals surface area contributed by atoms with Crippen LogP contribution in [0.1, 0.15) is 57.0 Å². The minimum Gasteiger partial charge on any atom is -0.263 e. The molecule has 0 N–H and O–H groups in total. The Hall–Kier alpha value is -2.61. The fourth-order valence-corrected chi connectivity index (χ4v) is 10.1. The highest BCUT2D eigenvalue weighted by molar-refractivity contribution is 7.87. The molecule has 236 valence electrons. The fourth-order valence-electron chi connectivity index (χ4n) is 5.66. The van der Waals surface area contributed by atoms with Gasteiger partial charge in [0.05, 0.1) is 21.3 Å². The highest BCUT2D eigenvalue weighted by Gasteiger charge is 2.35. The van der Waals surface area contributed by atoms with Crippen molar-refractivity contribution >= 4 is 30.4 Å². The Kier molecular flexibility index (Phi) is 10.4. The van der Waals surface area contributed by atoms with Gasteiger partial charge in [0.25, 0.3) is 30.4 Å². The summed E-state index contributed by atoms with van der Waals surface area (Å²) in [5, 5.41) is 0. The van der Waals surface area contributed by atoms with E-state index >= 15 is 0 Å². The summed E-state index contributed by atoms with van der Waals surface area (Å²) in [4.78, 5) is -0.218. The molecular formula is C31H40O9S3. The van der Waals surface area contributed by atoms with Crippen LogP contribution in [0.15, 0.2) is 51.1 Å². The third-order valence-electron chi connectivity index (χ3n) is 7.00. The van der Waals surface area contributed by atoms with Crippen LogP contribution in [0.4, 0.5) is 0 Å². The van der Waals surface area contributed by atoms with Gasteiger partial charge in [0.1, 0.15) is 12.2 Å². The van der Waals surface area contributed by atoms with Crippen LogP contribution < -0.4 is 0 Å². The van der Waals surface area contributed by atoms with Gasteiger partial charge >= 0.3 is 0 Å². The van der Waals surface area contributed by atoms with Crippen LogP contribution in [-0.4, -0.2) is 44.1 Å². The number of rotatable bonds is 11. The molecule has 0 aliphatic heterocycles. The van der Waals surface area contributed by atoms with E-state index in [1.54, 1.807) is 77.9 Å². The number of hydrogen-bond donors (Lipinski definition) is 0. The SMILES string of the molecule is Cc1cc(C)c(S(=O)(=O)OCC(OS(=O)(=O)c2c(C)cc(C)cc2C)C(C)OS(=O)(=O)c2c(C)cc(C)cc2C)c(C)c1. The molecule has 0 bridgehead atoms. The lowest BCUT2D eigenvalue weighted by Gasteiger charge is -2.25. The van der Waals surface area contributed by atoms with Crippen molar-refractivity contribution in [3.05, 3.63) is 86.5 Å². The van der Waals surface area contributed by atoms with Crippen molar-refractivity contribution in [3.8, 4) is 0 Å². The Morgan fingerprint density at radius 2 is 0.767 bits per heavy atom. The highest BCUT2D eigenvalue weighted by atomic mass is 32.2. The Balaban J connectivity index is 2.04. The first kappa shape index (κ1) is 34.9. The van der Waals surface area contributed by atoms with Crippen molar-refractivity contribution in [2.24, 2.45) is 0 Å². The third-order valence-corrected chi connectivity index (χ3v) is 11.9. The maximum absolute atomic E-state index is 13.6. The van der Waals surface area contributed by atoms with Crippen LogP contribution in [0.25, 0.3) is 0 Å². The molecule has 2 unspecified atom stereocenters. The van der Waals surface area contributed by atoms with Gasteiger partial charge in [0.15, 0.2) is 0 Å². The average Bonchev–Trinajstić information content (AvgIpc) is 2.78. The summed E-state index contributed by atoms with van der Waals surface area (Å²) in [7, 11) is -13.4. The molecule has 3 rings (SSSR count). The van der Waals surface area contributed by atoms with E-state index in [1.165, 1.54) is 6.92 Å². The second-order valence-corrected chi connectivity index (χ2v) is 15.8. The molecule has 3 aromatic carbocycles. The Bertz CT molecular complexity index is 1810. The Labute approximate surface area is 256 Å². The smallest absolute Gasteiger partial charge is 0.263 e. The van der Waals surface area contributed by atoms with Crippen LogP contribution in [0.2, 0.25) is 0 Å². The maximum atomic E-state index is 13.6. The quantitative estimate of drug-likeness (QED) is 0.238. The largest absolute Gasteiger partial charge is 0.297 e. The van der Waals surface area contributed by atoms with Gasteiger partial charge in [-0.1, -0.05) is 53.1 Å². The van der Waals surface area contributed by atoms with E-state index in [0.29, 0.717) is 33.4 Å². The fraction of sp³-hybridized carbons (Fsp3) is 0.419. The minimum atomic E-state index is -4.53. The summed E-state index contributed by atoms with van der Waals surface area (Å²) in [6.07, 6.45) is -3.13. The zero-order chi connectivity index (χ0) is 32.7. The minimum absolute atomic E-state index is 0.0583. The van der Waals surface area contributed by atoms with E-state index in [0.717, 1.165) is 16.7 Å². The van der Waals surface area contributed by atoms with Gasteiger partial charge in [-0.05, 0) is 103 Å². The molecule has 0 saturated heterocycles. The summed E-state index contributed by atoms with van der Waals surface area (Å²) in [6, 6.07) is 10.1. The van der Waals surface area contributed by atoms with E-state index in [-0.39, 0.29) is 14.7 Å². The van der Waals surface area contributed by atoms with E-state index in [2.05, 4.69) is 0 Å². The zero-order valence-electron chi connectivity index (χ0n) is 26.2. The lowest BCUT2D eigenvalue weighted by atomic mass is 10.1. The zero-order valence-corrected chi connectivity index (χ0v) is 28.7. The van der Waals surface area contributed by atoms with Gasteiger partial charge in [0, 0.05) is 0 Å². The molecule has 0 radical (unpaired) electrons. The molecule has 43 heavy (non-hydrogen) atoms. The van der Waals surface area contributed by atoms with Crippen molar-refractivity contribution in [3.63, 3.8) is 0 Å². The second-order valence-electron chi connectivity index (χ2n) is 11.3. The predicted molar refractivity (Wildman–Crippen MR) is 165 cm³/mol. The van der Waals surface area contributed by atoms with Crippen LogP contribution in [0.3, 0.4) is 0 Å².